The van der Waals surface area contributed by atoms with Crippen LogP contribution < -0.4 is 11.5 Å². The molecule has 1 atom stereocenters. The maximum atomic E-state index is 11.7. The van der Waals surface area contributed by atoms with Gasteiger partial charge < -0.3 is 16.4 Å². The fourth-order valence-electron chi connectivity index (χ4n) is 4.14. The Bertz CT molecular complexity index is 963. The van der Waals surface area contributed by atoms with E-state index in [0.717, 1.165) is 55.8 Å². The number of carbonyl (C=O) groups is 2. The summed E-state index contributed by atoms with van der Waals surface area (Å²) in [6.07, 6.45) is 6.26. The van der Waals surface area contributed by atoms with E-state index in [4.69, 9.17) is 23.1 Å². The number of aromatic nitrogens is 2. The van der Waals surface area contributed by atoms with Crippen LogP contribution in [0.25, 0.3) is 0 Å². The fraction of sp³-hybridized carbons (Fsp3) is 0.409. The number of nitrogens with two attached hydrogens (primary N) is 2. The molecule has 4 N–H and O–H groups in total. The van der Waals surface area contributed by atoms with E-state index in [1.807, 2.05) is 17.0 Å². The molecule has 1 aliphatic carbocycles. The SMILES string of the molecule is C=CC(=O)N1CCCC1.Cn1nc(C2CCc3cccc(Cl)c3C2)c(C(N)=O)c1N. The zero-order valence-corrected chi connectivity index (χ0v) is 18.0. The van der Waals surface area contributed by atoms with E-state index in [2.05, 4.69) is 17.7 Å². The summed E-state index contributed by atoms with van der Waals surface area (Å²) in [6, 6.07) is 5.96. The highest BCUT2D eigenvalue weighted by Crippen LogP contribution is 2.37. The minimum atomic E-state index is -0.527. The van der Waals surface area contributed by atoms with Crippen molar-refractivity contribution in [2.75, 3.05) is 18.8 Å². The standard InChI is InChI=1S/C15H17ClN4O.C7H11NO/c1-20-14(17)12(15(18)21)13(19-20)9-6-5-8-3-2-4-11(16)10(8)7-9;1-2-7(9)8-5-3-4-6-8/h2-4,9H,5-7,17H2,1H3,(H2,18,21);2H,1,3-6H2. The van der Waals surface area contributed by atoms with E-state index < -0.39 is 5.91 Å². The molecule has 1 aliphatic heterocycles. The summed E-state index contributed by atoms with van der Waals surface area (Å²) in [5.74, 6) is -0.0149. The van der Waals surface area contributed by atoms with Crippen LogP contribution in [-0.4, -0.2) is 39.6 Å². The smallest absolute Gasteiger partial charge is 0.254 e. The third kappa shape index (κ3) is 4.51. The van der Waals surface area contributed by atoms with Crippen LogP contribution >= 0.6 is 11.6 Å². The van der Waals surface area contributed by atoms with Crippen molar-refractivity contribution in [3.63, 3.8) is 0 Å². The lowest BCUT2D eigenvalue weighted by molar-refractivity contribution is -0.124. The first kappa shape index (κ1) is 21.9. The van der Waals surface area contributed by atoms with Gasteiger partial charge in [0.05, 0.1) is 5.69 Å². The van der Waals surface area contributed by atoms with Crippen molar-refractivity contribution >= 4 is 29.2 Å². The van der Waals surface area contributed by atoms with Crippen LogP contribution in [0.3, 0.4) is 0 Å². The minimum absolute atomic E-state index is 0.0764. The molecule has 0 bridgehead atoms. The second kappa shape index (κ2) is 9.34. The van der Waals surface area contributed by atoms with E-state index in [9.17, 15) is 9.59 Å². The summed E-state index contributed by atoms with van der Waals surface area (Å²) in [4.78, 5) is 24.3. The molecule has 2 aliphatic rings. The number of hydrogen-bond donors (Lipinski definition) is 2. The van der Waals surface area contributed by atoms with Crippen molar-refractivity contribution < 1.29 is 9.59 Å². The Kier molecular flexibility index (Phi) is 6.82. The lowest BCUT2D eigenvalue weighted by Gasteiger charge is -2.24. The number of carbonyl (C=O) groups excluding carboxylic acids is 2. The average Bonchev–Trinajstić information content (AvgIpc) is 3.37. The third-order valence-corrected chi connectivity index (χ3v) is 6.13. The second-order valence-electron chi connectivity index (χ2n) is 7.69. The summed E-state index contributed by atoms with van der Waals surface area (Å²) in [6.45, 7) is 5.26. The van der Waals surface area contributed by atoms with Gasteiger partial charge in [-0.15, -0.1) is 0 Å². The number of benzene rings is 1. The van der Waals surface area contributed by atoms with E-state index in [1.54, 1.807) is 7.05 Å². The number of anilines is 1. The minimum Gasteiger partial charge on any atom is -0.383 e. The van der Waals surface area contributed by atoms with Crippen LogP contribution in [0.5, 0.6) is 0 Å². The van der Waals surface area contributed by atoms with Gasteiger partial charge in [0.15, 0.2) is 0 Å². The first-order chi connectivity index (χ1) is 14.3. The van der Waals surface area contributed by atoms with Gasteiger partial charge in [-0.05, 0) is 55.4 Å². The molecule has 0 radical (unpaired) electrons. The van der Waals surface area contributed by atoms with E-state index >= 15 is 0 Å². The monoisotopic (exact) mass is 429 g/mol. The van der Waals surface area contributed by atoms with Gasteiger partial charge in [0.1, 0.15) is 11.4 Å². The second-order valence-corrected chi connectivity index (χ2v) is 8.09. The molecule has 4 rings (SSSR count). The van der Waals surface area contributed by atoms with Crippen molar-refractivity contribution in [1.29, 1.82) is 0 Å². The average molecular weight is 430 g/mol. The van der Waals surface area contributed by atoms with E-state index in [0.29, 0.717) is 17.1 Å². The van der Waals surface area contributed by atoms with Crippen molar-refractivity contribution in [3.8, 4) is 0 Å². The Hall–Kier alpha value is -2.80. The summed E-state index contributed by atoms with van der Waals surface area (Å²) in [7, 11) is 1.72. The molecule has 1 aromatic carbocycles. The molecule has 0 saturated carbocycles. The number of amides is 2. The van der Waals surface area contributed by atoms with Crippen molar-refractivity contribution in [1.82, 2.24) is 14.7 Å². The van der Waals surface area contributed by atoms with Gasteiger partial charge in [0.25, 0.3) is 5.91 Å². The normalized spacial score (nSPS) is 17.7. The van der Waals surface area contributed by atoms with Gasteiger partial charge in [0.2, 0.25) is 5.91 Å². The molecule has 160 valence electrons. The topological polar surface area (TPSA) is 107 Å². The van der Waals surface area contributed by atoms with Crippen LogP contribution in [0.2, 0.25) is 5.02 Å². The molecule has 1 aromatic heterocycles. The van der Waals surface area contributed by atoms with Crippen molar-refractivity contribution in [2.45, 2.75) is 38.0 Å². The van der Waals surface area contributed by atoms with Crippen LogP contribution in [0.4, 0.5) is 5.82 Å². The summed E-state index contributed by atoms with van der Waals surface area (Å²) in [5.41, 5.74) is 14.8. The Labute approximate surface area is 181 Å². The third-order valence-electron chi connectivity index (χ3n) is 5.77. The number of fused-ring (bicyclic) bond motifs is 1. The van der Waals surface area contributed by atoms with E-state index in [1.165, 1.54) is 16.3 Å². The molecule has 1 saturated heterocycles. The Morgan fingerprint density at radius 3 is 2.63 bits per heavy atom. The number of nitrogens with zero attached hydrogens (tertiary/aromatic N) is 3. The largest absolute Gasteiger partial charge is 0.383 e. The molecule has 2 amide bonds. The van der Waals surface area contributed by atoms with E-state index in [-0.39, 0.29) is 11.8 Å². The lowest BCUT2D eigenvalue weighted by atomic mass is 9.81. The number of aryl methyl sites for hydroxylation is 2. The highest BCUT2D eigenvalue weighted by molar-refractivity contribution is 6.31. The maximum absolute atomic E-state index is 11.7. The number of likely N-dealkylation sites (tertiary alicyclic amines) is 1. The molecule has 8 heteroatoms. The number of nitrogen functional groups attached to an aromatic ring is 1. The Balaban J connectivity index is 0.000000239. The van der Waals surface area contributed by atoms with Crippen LogP contribution in [0.15, 0.2) is 30.9 Å². The van der Waals surface area contributed by atoms with Gasteiger partial charge in [-0.3, -0.25) is 14.3 Å². The van der Waals surface area contributed by atoms with Gasteiger partial charge in [0, 0.05) is 31.1 Å². The predicted molar refractivity (Wildman–Crippen MR) is 118 cm³/mol. The first-order valence-corrected chi connectivity index (χ1v) is 10.5. The van der Waals surface area contributed by atoms with Gasteiger partial charge >= 0.3 is 0 Å². The van der Waals surface area contributed by atoms with Gasteiger partial charge in [-0.25, -0.2) is 0 Å². The quantitative estimate of drug-likeness (QED) is 0.731. The fourth-order valence-corrected chi connectivity index (χ4v) is 4.41. The molecule has 2 aromatic rings. The lowest BCUT2D eigenvalue weighted by Crippen LogP contribution is -2.25. The zero-order valence-electron chi connectivity index (χ0n) is 17.2. The summed E-state index contributed by atoms with van der Waals surface area (Å²) < 4.78 is 1.51. The molecule has 30 heavy (non-hydrogen) atoms. The van der Waals surface area contributed by atoms with Gasteiger partial charge in [-0.1, -0.05) is 30.3 Å². The molecule has 2 heterocycles. The Morgan fingerprint density at radius 2 is 2.00 bits per heavy atom. The van der Waals surface area contributed by atoms with Crippen LogP contribution in [0, 0.1) is 0 Å². The number of hydrogen-bond acceptors (Lipinski definition) is 4. The summed E-state index contributed by atoms with van der Waals surface area (Å²) in [5, 5.41) is 5.17. The van der Waals surface area contributed by atoms with Crippen LogP contribution in [-0.2, 0) is 24.7 Å². The molecular formula is C22H28ClN5O2. The number of primary amides is 1. The van der Waals surface area contributed by atoms with Gasteiger partial charge in [-0.2, -0.15) is 5.10 Å². The number of halogens is 1. The molecule has 7 nitrogen and oxygen atoms in total. The van der Waals surface area contributed by atoms with Crippen molar-refractivity contribution in [2.24, 2.45) is 12.8 Å². The molecule has 1 fully saturated rings. The number of rotatable bonds is 3. The highest BCUT2D eigenvalue weighted by Gasteiger charge is 2.29. The molecular weight excluding hydrogens is 402 g/mol. The molecule has 1 unspecified atom stereocenters. The first-order valence-electron chi connectivity index (χ1n) is 10.1. The van der Waals surface area contributed by atoms with Crippen molar-refractivity contribution in [3.05, 3.63) is 58.3 Å². The molecule has 0 spiro atoms. The summed E-state index contributed by atoms with van der Waals surface area (Å²) >= 11 is 6.29. The predicted octanol–water partition coefficient (Wildman–Crippen LogP) is 2.82. The maximum Gasteiger partial charge on any atom is 0.254 e. The Morgan fingerprint density at radius 1 is 1.30 bits per heavy atom. The van der Waals surface area contributed by atoms with Crippen LogP contribution in [0.1, 0.15) is 52.4 Å². The highest BCUT2D eigenvalue weighted by atomic mass is 35.5. The zero-order chi connectivity index (χ0) is 21.8.